The van der Waals surface area contributed by atoms with Crippen molar-refractivity contribution in [1.82, 2.24) is 16.0 Å². The van der Waals surface area contributed by atoms with Crippen molar-refractivity contribution in [1.29, 1.82) is 0 Å². The second-order valence-corrected chi connectivity index (χ2v) is 9.88. The first-order chi connectivity index (χ1) is 16.6. The molecule has 0 aromatic heterocycles. The summed E-state index contributed by atoms with van der Waals surface area (Å²) in [5.74, 6) is -3.33. The van der Waals surface area contributed by atoms with E-state index in [2.05, 4.69) is 16.0 Å². The molecule has 0 aromatic rings. The van der Waals surface area contributed by atoms with Crippen LogP contribution in [-0.2, 0) is 24.0 Å². The Morgan fingerprint density at radius 2 is 1.23 bits per heavy atom. The van der Waals surface area contributed by atoms with E-state index in [1.54, 1.807) is 0 Å². The van der Waals surface area contributed by atoms with Gasteiger partial charge >= 0.3 is 11.9 Å². The highest BCUT2D eigenvalue weighted by Crippen LogP contribution is 2.07. The summed E-state index contributed by atoms with van der Waals surface area (Å²) in [6, 6.07) is -4.30. The van der Waals surface area contributed by atoms with Gasteiger partial charge in [0.1, 0.15) is 18.1 Å². The Labute approximate surface area is 214 Å². The highest BCUT2D eigenvalue weighted by molar-refractivity contribution is 7.98. The Hall–Kier alpha value is -2.03. The lowest BCUT2D eigenvalue weighted by atomic mass is 10.1. The molecule has 4 unspecified atom stereocenters. The normalized spacial score (nSPS) is 14.3. The van der Waals surface area contributed by atoms with Crippen LogP contribution in [0.4, 0.5) is 0 Å². The minimum Gasteiger partial charge on any atom is -0.481 e. The van der Waals surface area contributed by atoms with Crippen molar-refractivity contribution in [2.24, 2.45) is 11.5 Å². The van der Waals surface area contributed by atoms with E-state index in [-0.39, 0.29) is 19.3 Å². The Kier molecular flexibility index (Phi) is 18.1. The van der Waals surface area contributed by atoms with Crippen molar-refractivity contribution >= 4 is 53.2 Å². The van der Waals surface area contributed by atoms with Crippen LogP contribution < -0.4 is 27.4 Å². The van der Waals surface area contributed by atoms with Gasteiger partial charge in [-0.2, -0.15) is 23.5 Å². The zero-order valence-electron chi connectivity index (χ0n) is 20.3. The van der Waals surface area contributed by atoms with E-state index >= 15 is 0 Å². The molecule has 0 aliphatic heterocycles. The molecule has 0 aromatic carbocycles. The van der Waals surface area contributed by atoms with Crippen LogP contribution in [0.2, 0.25) is 0 Å². The van der Waals surface area contributed by atoms with Gasteiger partial charge in [-0.3, -0.25) is 19.2 Å². The number of nitrogens with one attached hydrogen (secondary N) is 3. The van der Waals surface area contributed by atoms with Crippen LogP contribution in [0.25, 0.3) is 0 Å². The predicted molar refractivity (Wildman–Crippen MR) is 137 cm³/mol. The molecule has 14 heteroatoms. The number of rotatable bonds is 20. The molecule has 0 spiro atoms. The Bertz CT molecular complexity index is 699. The largest absolute Gasteiger partial charge is 0.481 e. The number of nitrogens with two attached hydrogens (primary N) is 2. The first-order valence-corrected chi connectivity index (χ1v) is 14.1. The van der Waals surface area contributed by atoms with Gasteiger partial charge < -0.3 is 37.6 Å². The fraction of sp³-hybridized carbons (Fsp3) is 0.762. The summed E-state index contributed by atoms with van der Waals surface area (Å²) < 4.78 is 0. The lowest BCUT2D eigenvalue weighted by molar-refractivity contribution is -0.142. The Morgan fingerprint density at radius 3 is 1.71 bits per heavy atom. The van der Waals surface area contributed by atoms with Crippen molar-refractivity contribution in [2.75, 3.05) is 30.6 Å². The topological polar surface area (TPSA) is 214 Å². The van der Waals surface area contributed by atoms with Gasteiger partial charge in [0, 0.05) is 6.42 Å². The molecule has 202 valence electrons. The number of thioether (sulfide) groups is 2. The molecule has 0 rings (SSSR count). The summed E-state index contributed by atoms with van der Waals surface area (Å²) in [5.41, 5.74) is 11.3. The number of aliphatic carboxylic acids is 2. The standard InChI is InChI=1S/C21H39N5O7S2/c1-34-11-8-15(20(31)26-16(21(32)33)9-12-35-2)25-19(30)14(6-7-17(27)28)24-18(29)13(23)5-3-4-10-22/h13-16H,3-12,22-23H2,1-2H3,(H,24,29)(H,25,30)(H,26,31)(H,27,28)(H,32,33). The molecule has 12 nitrogen and oxygen atoms in total. The van der Waals surface area contributed by atoms with Crippen molar-refractivity contribution in [2.45, 2.75) is 69.1 Å². The van der Waals surface area contributed by atoms with Crippen LogP contribution in [0.3, 0.4) is 0 Å². The second-order valence-electron chi connectivity index (χ2n) is 7.91. The minimum atomic E-state index is -1.23. The molecule has 0 heterocycles. The number of amides is 3. The average Bonchev–Trinajstić information content (AvgIpc) is 2.81. The molecule has 0 fully saturated rings. The minimum absolute atomic E-state index is 0.204. The van der Waals surface area contributed by atoms with Crippen LogP contribution >= 0.6 is 23.5 Å². The number of hydrogen-bond acceptors (Lipinski definition) is 9. The molecule has 4 atom stereocenters. The molecule has 9 N–H and O–H groups in total. The third-order valence-electron chi connectivity index (χ3n) is 5.05. The van der Waals surface area contributed by atoms with E-state index in [0.717, 1.165) is 0 Å². The monoisotopic (exact) mass is 537 g/mol. The van der Waals surface area contributed by atoms with E-state index in [0.29, 0.717) is 37.3 Å². The third-order valence-corrected chi connectivity index (χ3v) is 6.34. The molecule has 3 amide bonds. The molecular weight excluding hydrogens is 498 g/mol. The maximum Gasteiger partial charge on any atom is 0.326 e. The SMILES string of the molecule is CSCCC(NC(=O)C(CCSC)NC(=O)C(CCC(=O)O)NC(=O)C(N)CCCCN)C(=O)O. The van der Waals surface area contributed by atoms with Gasteiger partial charge in [-0.05, 0) is 62.7 Å². The number of hydrogen-bond donors (Lipinski definition) is 7. The van der Waals surface area contributed by atoms with Crippen LogP contribution in [0.1, 0.15) is 44.9 Å². The van der Waals surface area contributed by atoms with Gasteiger partial charge in [-0.15, -0.1) is 0 Å². The van der Waals surface area contributed by atoms with Gasteiger partial charge in [-0.25, -0.2) is 4.79 Å². The van der Waals surface area contributed by atoms with Crippen LogP contribution in [0.5, 0.6) is 0 Å². The number of carbonyl (C=O) groups is 5. The van der Waals surface area contributed by atoms with Gasteiger partial charge in [0.15, 0.2) is 0 Å². The summed E-state index contributed by atoms with van der Waals surface area (Å²) in [7, 11) is 0. The zero-order chi connectivity index (χ0) is 26.8. The molecule has 0 bridgehead atoms. The maximum absolute atomic E-state index is 13.0. The first kappa shape index (κ1) is 33.0. The molecule has 0 radical (unpaired) electrons. The first-order valence-electron chi connectivity index (χ1n) is 11.4. The summed E-state index contributed by atoms with van der Waals surface area (Å²) >= 11 is 2.88. The van der Waals surface area contributed by atoms with Crippen LogP contribution in [0.15, 0.2) is 0 Å². The number of carbonyl (C=O) groups excluding carboxylic acids is 3. The van der Waals surface area contributed by atoms with Crippen LogP contribution in [-0.4, -0.2) is 94.6 Å². The Balaban J connectivity index is 5.42. The quantitative estimate of drug-likeness (QED) is 0.0969. The summed E-state index contributed by atoms with van der Waals surface area (Å²) in [6.07, 6.45) is 5.12. The van der Waals surface area contributed by atoms with Crippen molar-refractivity contribution in [3.63, 3.8) is 0 Å². The zero-order valence-corrected chi connectivity index (χ0v) is 21.9. The number of carboxylic acids is 2. The molecule has 35 heavy (non-hydrogen) atoms. The number of unbranched alkanes of at least 4 members (excludes halogenated alkanes) is 1. The molecule has 0 aliphatic rings. The van der Waals surface area contributed by atoms with E-state index < -0.39 is 60.2 Å². The van der Waals surface area contributed by atoms with Gasteiger partial charge in [0.25, 0.3) is 0 Å². The highest BCUT2D eigenvalue weighted by Gasteiger charge is 2.30. The van der Waals surface area contributed by atoms with Crippen LogP contribution in [0, 0.1) is 0 Å². The van der Waals surface area contributed by atoms with Gasteiger partial charge in [0.05, 0.1) is 6.04 Å². The van der Waals surface area contributed by atoms with E-state index in [9.17, 15) is 29.1 Å². The predicted octanol–water partition coefficient (Wildman–Crippen LogP) is -0.647. The fourth-order valence-electron chi connectivity index (χ4n) is 3.00. The van der Waals surface area contributed by atoms with Crippen molar-refractivity contribution < 1.29 is 34.2 Å². The molecule has 0 saturated carbocycles. The van der Waals surface area contributed by atoms with Crippen molar-refractivity contribution in [3.05, 3.63) is 0 Å². The third kappa shape index (κ3) is 14.9. The fourth-order valence-corrected chi connectivity index (χ4v) is 3.94. The van der Waals surface area contributed by atoms with E-state index in [1.807, 2.05) is 12.5 Å². The lowest BCUT2D eigenvalue weighted by Crippen LogP contribution is -2.57. The van der Waals surface area contributed by atoms with Gasteiger partial charge in [0.2, 0.25) is 17.7 Å². The molecular formula is C21H39N5O7S2. The lowest BCUT2D eigenvalue weighted by Gasteiger charge is -2.25. The summed E-state index contributed by atoms with van der Waals surface area (Å²) in [4.78, 5) is 60.8. The van der Waals surface area contributed by atoms with Gasteiger partial charge in [-0.1, -0.05) is 6.42 Å². The smallest absolute Gasteiger partial charge is 0.326 e. The second kappa shape index (κ2) is 19.2. The van der Waals surface area contributed by atoms with E-state index in [4.69, 9.17) is 16.6 Å². The summed E-state index contributed by atoms with van der Waals surface area (Å²) in [6.45, 7) is 0.456. The average molecular weight is 538 g/mol. The van der Waals surface area contributed by atoms with E-state index in [1.165, 1.54) is 23.5 Å². The number of carboxylic acid groups (broad SMARTS) is 2. The molecule has 0 aliphatic carbocycles. The summed E-state index contributed by atoms with van der Waals surface area (Å²) in [5, 5.41) is 25.9. The highest BCUT2D eigenvalue weighted by atomic mass is 32.2. The van der Waals surface area contributed by atoms with Crippen molar-refractivity contribution in [3.8, 4) is 0 Å². The maximum atomic E-state index is 13.0. The Morgan fingerprint density at radius 1 is 0.743 bits per heavy atom. The molecule has 0 saturated heterocycles.